The van der Waals surface area contributed by atoms with Crippen molar-refractivity contribution in [3.8, 4) is 17.0 Å². The maximum atomic E-state index is 13.4. The fraction of sp³-hybridized carbons (Fsp3) is 0.265. The maximum Gasteiger partial charge on any atom is 0.339 e. The molecule has 4 atom stereocenters. The molecule has 3 fully saturated rings. The van der Waals surface area contributed by atoms with Gasteiger partial charge in [-0.15, -0.1) is 0 Å². The molecule has 8 nitrogen and oxygen atoms in total. The number of hydrogen-bond acceptors (Lipinski definition) is 7. The van der Waals surface area contributed by atoms with Crippen molar-refractivity contribution in [2.75, 3.05) is 11.5 Å². The average Bonchev–Trinajstić information content (AvgIpc) is 3.72. The number of pyridine rings is 1. The number of rotatable bonds is 6. The molecule has 3 aromatic carbocycles. The number of benzene rings is 3. The van der Waals surface area contributed by atoms with Gasteiger partial charge in [0.15, 0.2) is 6.61 Å². The van der Waals surface area contributed by atoms with Crippen LogP contribution in [0.2, 0.25) is 5.02 Å². The smallest absolute Gasteiger partial charge is 0.339 e. The number of esters is 1. The number of ether oxygens (including phenoxy) is 1. The van der Waals surface area contributed by atoms with E-state index in [-0.39, 0.29) is 40.5 Å². The van der Waals surface area contributed by atoms with Gasteiger partial charge >= 0.3 is 5.97 Å². The van der Waals surface area contributed by atoms with Crippen molar-refractivity contribution >= 4 is 67.7 Å². The van der Waals surface area contributed by atoms with Crippen LogP contribution in [0.3, 0.4) is 0 Å². The van der Waals surface area contributed by atoms with Gasteiger partial charge in [-0.3, -0.25) is 19.3 Å². The Morgan fingerprint density at radius 3 is 2.32 bits per heavy atom. The molecular formula is C34H26BrClN2O6. The lowest BCUT2D eigenvalue weighted by Crippen LogP contribution is -2.32. The number of anilines is 1. The molecule has 0 radical (unpaired) electrons. The van der Waals surface area contributed by atoms with Gasteiger partial charge in [-0.25, -0.2) is 9.78 Å². The zero-order chi connectivity index (χ0) is 30.9. The molecule has 2 aliphatic carbocycles. The summed E-state index contributed by atoms with van der Waals surface area (Å²) in [6.07, 6.45) is 3.00. The highest BCUT2D eigenvalue weighted by Gasteiger charge is 2.61. The number of aromatic nitrogens is 1. The number of phenols is 1. The summed E-state index contributed by atoms with van der Waals surface area (Å²) < 4.78 is 5.99. The molecule has 2 bridgehead atoms. The van der Waals surface area contributed by atoms with E-state index in [1.165, 1.54) is 17.0 Å². The van der Waals surface area contributed by atoms with Crippen LogP contribution in [0.1, 0.15) is 45.5 Å². The van der Waals surface area contributed by atoms with E-state index in [0.29, 0.717) is 54.7 Å². The van der Waals surface area contributed by atoms with Crippen molar-refractivity contribution in [1.82, 2.24) is 4.98 Å². The topological polar surface area (TPSA) is 114 Å². The fourth-order valence-electron chi connectivity index (χ4n) is 7.22. The van der Waals surface area contributed by atoms with E-state index in [4.69, 9.17) is 21.3 Å². The van der Waals surface area contributed by atoms with Gasteiger partial charge in [0.1, 0.15) is 5.75 Å². The number of halogens is 2. The second kappa shape index (κ2) is 10.8. The van der Waals surface area contributed by atoms with Crippen LogP contribution in [0, 0.1) is 30.6 Å². The number of carbonyl (C=O) groups is 4. The van der Waals surface area contributed by atoms with E-state index < -0.39 is 18.4 Å². The predicted octanol–water partition coefficient (Wildman–Crippen LogP) is 6.91. The molecule has 4 unspecified atom stereocenters. The second-order valence-electron chi connectivity index (χ2n) is 11.7. The Hall–Kier alpha value is -4.08. The molecule has 0 spiro atoms. The molecule has 2 heterocycles. The second-order valence-corrected chi connectivity index (χ2v) is 12.9. The van der Waals surface area contributed by atoms with E-state index >= 15 is 0 Å². The average molecular weight is 674 g/mol. The minimum atomic E-state index is -0.748. The lowest BCUT2D eigenvalue weighted by molar-refractivity contribution is -0.123. The van der Waals surface area contributed by atoms with Crippen molar-refractivity contribution < 1.29 is 29.0 Å². The van der Waals surface area contributed by atoms with E-state index in [2.05, 4.69) is 15.9 Å². The van der Waals surface area contributed by atoms with Gasteiger partial charge < -0.3 is 9.84 Å². The van der Waals surface area contributed by atoms with Gasteiger partial charge in [-0.2, -0.15) is 0 Å². The van der Waals surface area contributed by atoms with Gasteiger partial charge in [-0.1, -0.05) is 35.9 Å². The number of ketones is 1. The molecule has 1 aromatic heterocycles. The molecule has 7 rings (SSSR count). The Kier molecular flexibility index (Phi) is 7.05. The van der Waals surface area contributed by atoms with Crippen LogP contribution in [-0.2, 0) is 14.3 Å². The summed E-state index contributed by atoms with van der Waals surface area (Å²) in [4.78, 5) is 58.9. The number of phenolic OH excluding ortho intramolecular Hbond substituents is 1. The quantitative estimate of drug-likeness (QED) is 0.134. The molecule has 1 N–H and O–H groups in total. The van der Waals surface area contributed by atoms with Crippen LogP contribution in [-0.4, -0.2) is 40.3 Å². The summed E-state index contributed by atoms with van der Waals surface area (Å²) in [5, 5.41) is 10.9. The van der Waals surface area contributed by atoms with Crippen LogP contribution in [0.5, 0.6) is 5.75 Å². The first-order valence-corrected chi connectivity index (χ1v) is 15.6. The minimum Gasteiger partial charge on any atom is -0.507 e. The minimum absolute atomic E-state index is 0.0530. The number of amides is 2. The summed E-state index contributed by atoms with van der Waals surface area (Å²) >= 11 is 9.96. The largest absolute Gasteiger partial charge is 0.507 e. The highest BCUT2D eigenvalue weighted by Crippen LogP contribution is 2.56. The van der Waals surface area contributed by atoms with Gasteiger partial charge in [0.25, 0.3) is 0 Å². The first-order chi connectivity index (χ1) is 21.1. The first-order valence-electron chi connectivity index (χ1n) is 14.4. The number of imide groups is 1. The molecule has 1 aliphatic heterocycles. The molecule has 1 saturated heterocycles. The number of para-hydroxylation sites is 1. The lowest BCUT2D eigenvalue weighted by atomic mass is 9.81. The van der Waals surface area contributed by atoms with Crippen molar-refractivity contribution in [3.05, 3.63) is 86.8 Å². The summed E-state index contributed by atoms with van der Waals surface area (Å²) in [5.74, 6) is -1.52. The molecule has 222 valence electrons. The molecule has 10 heteroatoms. The van der Waals surface area contributed by atoms with Crippen LogP contribution in [0.25, 0.3) is 22.2 Å². The Morgan fingerprint density at radius 2 is 1.66 bits per heavy atom. The van der Waals surface area contributed by atoms with Crippen molar-refractivity contribution in [2.45, 2.75) is 26.2 Å². The van der Waals surface area contributed by atoms with Crippen LogP contribution in [0.4, 0.5) is 5.69 Å². The van der Waals surface area contributed by atoms with E-state index in [1.807, 2.05) is 0 Å². The lowest BCUT2D eigenvalue weighted by Gasteiger charge is -2.19. The van der Waals surface area contributed by atoms with E-state index in [1.54, 1.807) is 55.5 Å². The molecule has 2 saturated carbocycles. The number of fused-ring (bicyclic) bond motifs is 6. The molecule has 2 amide bonds. The van der Waals surface area contributed by atoms with Gasteiger partial charge in [0.2, 0.25) is 17.6 Å². The summed E-state index contributed by atoms with van der Waals surface area (Å²) in [7, 11) is 0. The molecule has 3 aliphatic rings. The normalized spacial score (nSPS) is 22.1. The number of aryl methyl sites for hydroxylation is 1. The maximum absolute atomic E-state index is 13.4. The van der Waals surface area contributed by atoms with E-state index in [0.717, 1.165) is 19.3 Å². The zero-order valence-corrected chi connectivity index (χ0v) is 25.9. The molecule has 4 aromatic rings. The van der Waals surface area contributed by atoms with Crippen molar-refractivity contribution in [3.63, 3.8) is 0 Å². The predicted molar refractivity (Wildman–Crippen MR) is 168 cm³/mol. The van der Waals surface area contributed by atoms with Crippen molar-refractivity contribution in [1.29, 1.82) is 0 Å². The van der Waals surface area contributed by atoms with E-state index in [9.17, 15) is 24.3 Å². The van der Waals surface area contributed by atoms with Gasteiger partial charge in [-0.05, 0) is 95.9 Å². The van der Waals surface area contributed by atoms with Crippen LogP contribution < -0.4 is 4.90 Å². The Balaban J connectivity index is 1.21. The van der Waals surface area contributed by atoms with Crippen molar-refractivity contribution in [2.24, 2.45) is 23.7 Å². The van der Waals surface area contributed by atoms with Gasteiger partial charge in [0.05, 0.1) is 44.9 Å². The third-order valence-corrected chi connectivity index (χ3v) is 10.7. The number of Topliss-reactive ketones (excluding diaryl/α,β-unsaturated/α-hetero) is 1. The molecular weight excluding hydrogens is 648 g/mol. The number of hydrogen-bond donors (Lipinski definition) is 1. The number of carbonyl (C=O) groups excluding carboxylic acids is 4. The molecule has 44 heavy (non-hydrogen) atoms. The fourth-order valence-corrected chi connectivity index (χ4v) is 7.89. The number of aromatic hydroxyl groups is 1. The standard InChI is InChI=1S/C34H26BrClN2O6/c1-16-30(36)24(35)13-22-23(34(43)44-15-27(40)21-4-2-3-5-26(21)39)14-25(37-31(16)22)17-8-10-20(11-9-17)38-32(41)28-18-6-7-19(12-18)29(28)33(38)42/h2-5,8-11,13-14,18-19,28-29,39H,6-7,12,15H2,1H3. The summed E-state index contributed by atoms with van der Waals surface area (Å²) in [6.45, 7) is 1.22. The SMILES string of the molecule is Cc1c(Cl)c(Br)cc2c(C(=O)OCC(=O)c3ccccc3O)cc(-c3ccc(N4C(=O)C5C6CCC(C6)C5C4=O)cc3)nc12. The Morgan fingerprint density at radius 1 is 1.00 bits per heavy atom. The third-order valence-electron chi connectivity index (χ3n) is 9.33. The Labute approximate surface area is 266 Å². The zero-order valence-electron chi connectivity index (χ0n) is 23.6. The summed E-state index contributed by atoms with van der Waals surface area (Å²) in [5.41, 5.74) is 2.95. The first kappa shape index (κ1) is 28.7. The van der Waals surface area contributed by atoms with Crippen LogP contribution >= 0.6 is 27.5 Å². The number of nitrogens with zero attached hydrogens (tertiary/aromatic N) is 2. The Bertz CT molecular complexity index is 1880. The van der Waals surface area contributed by atoms with Crippen LogP contribution in [0.15, 0.2) is 65.1 Å². The highest BCUT2D eigenvalue weighted by molar-refractivity contribution is 9.10. The summed E-state index contributed by atoms with van der Waals surface area (Å²) in [6, 6.07) is 16.3. The van der Waals surface area contributed by atoms with Gasteiger partial charge in [0, 0.05) is 15.4 Å². The third kappa shape index (κ3) is 4.52. The monoisotopic (exact) mass is 672 g/mol. The highest BCUT2D eigenvalue weighted by atomic mass is 79.9.